The zero-order valence-corrected chi connectivity index (χ0v) is 11.1. The van der Waals surface area contributed by atoms with Crippen LogP contribution in [0.1, 0.15) is 16.1 Å². The molecule has 110 valence electrons. The first kappa shape index (κ1) is 16.1. The van der Waals surface area contributed by atoms with Gasteiger partial charge in [-0.3, -0.25) is 9.48 Å². The van der Waals surface area contributed by atoms with Gasteiger partial charge in [0.25, 0.3) is 12.3 Å². The second kappa shape index (κ2) is 7.01. The predicted octanol–water partition coefficient (Wildman–Crippen LogP) is 1.87. The van der Waals surface area contributed by atoms with Crippen LogP contribution in [0, 0.1) is 0 Å². The number of hydrogen-bond acceptors (Lipinski definition) is 4. The highest BCUT2D eigenvalue weighted by atomic mass is 35.5. The summed E-state index contributed by atoms with van der Waals surface area (Å²) in [6, 6.07) is 1.51. The van der Waals surface area contributed by atoms with E-state index < -0.39 is 18.9 Å². The number of hydrogen-bond donors (Lipinski definition) is 2. The molecule has 2 rings (SSSR count). The quantitative estimate of drug-likeness (QED) is 0.883. The van der Waals surface area contributed by atoms with Gasteiger partial charge in [-0.1, -0.05) is 0 Å². The van der Waals surface area contributed by atoms with E-state index in [1.165, 1.54) is 24.7 Å². The monoisotopic (exact) mass is 306 g/mol. The van der Waals surface area contributed by atoms with E-state index in [9.17, 15) is 13.6 Å². The first-order valence-corrected chi connectivity index (χ1v) is 5.48. The first-order chi connectivity index (χ1) is 9.08. The maximum atomic E-state index is 12.1. The van der Waals surface area contributed by atoms with Gasteiger partial charge in [0, 0.05) is 6.20 Å². The van der Waals surface area contributed by atoms with Gasteiger partial charge in [-0.15, -0.1) is 12.4 Å². The molecule has 0 saturated carbocycles. The molecule has 0 aliphatic carbocycles. The van der Waals surface area contributed by atoms with Crippen LogP contribution >= 0.6 is 12.4 Å². The molecule has 0 aliphatic heterocycles. The van der Waals surface area contributed by atoms with Gasteiger partial charge < -0.3 is 15.5 Å². The van der Waals surface area contributed by atoms with Crippen molar-refractivity contribution in [3.05, 3.63) is 36.0 Å². The number of halogens is 3. The Bertz CT molecular complexity index is 570. The van der Waals surface area contributed by atoms with Gasteiger partial charge >= 0.3 is 0 Å². The van der Waals surface area contributed by atoms with Crippen LogP contribution in [0.3, 0.4) is 0 Å². The minimum atomic E-state index is -2.50. The Morgan fingerprint density at radius 3 is 2.90 bits per heavy atom. The lowest BCUT2D eigenvalue weighted by Gasteiger charge is -1.99. The zero-order valence-electron chi connectivity index (χ0n) is 10.3. The molecule has 2 aromatic heterocycles. The SMILES string of the molecule is Cl.NCc1cc(C(=O)Nc2cnn(CC(F)F)c2)co1. The van der Waals surface area contributed by atoms with Crippen molar-refractivity contribution in [3.63, 3.8) is 0 Å². The van der Waals surface area contributed by atoms with Gasteiger partial charge in [-0.2, -0.15) is 5.10 Å². The van der Waals surface area contributed by atoms with Crippen molar-refractivity contribution in [1.82, 2.24) is 9.78 Å². The normalized spacial score (nSPS) is 10.4. The van der Waals surface area contributed by atoms with Gasteiger partial charge in [0.2, 0.25) is 0 Å². The summed E-state index contributed by atoms with van der Waals surface area (Å²) in [6.07, 6.45) is 1.41. The van der Waals surface area contributed by atoms with Crippen LogP contribution < -0.4 is 11.1 Å². The van der Waals surface area contributed by atoms with Crippen molar-refractivity contribution in [2.24, 2.45) is 5.73 Å². The Labute approximate surface area is 119 Å². The molecule has 0 spiro atoms. The molecular weight excluding hydrogens is 294 g/mol. The van der Waals surface area contributed by atoms with E-state index in [1.807, 2.05) is 0 Å². The number of anilines is 1. The van der Waals surface area contributed by atoms with E-state index in [1.54, 1.807) is 0 Å². The molecule has 0 fully saturated rings. The lowest BCUT2D eigenvalue weighted by Crippen LogP contribution is -2.10. The van der Waals surface area contributed by atoms with E-state index in [4.69, 9.17) is 10.2 Å². The molecule has 0 aliphatic rings. The summed E-state index contributed by atoms with van der Waals surface area (Å²) in [6.45, 7) is -0.321. The summed E-state index contributed by atoms with van der Waals surface area (Å²) < 4.78 is 30.3. The summed E-state index contributed by atoms with van der Waals surface area (Å²) in [5.74, 6) is 0.0681. The molecule has 0 atom stereocenters. The van der Waals surface area contributed by atoms with Crippen molar-refractivity contribution in [2.45, 2.75) is 19.5 Å². The van der Waals surface area contributed by atoms with Gasteiger partial charge in [-0.05, 0) is 6.07 Å². The molecule has 0 bridgehead atoms. The molecule has 0 saturated heterocycles. The van der Waals surface area contributed by atoms with E-state index in [0.717, 1.165) is 4.68 Å². The second-order valence-electron chi connectivity index (χ2n) is 3.80. The standard InChI is InChI=1S/C11H12F2N4O2.ClH/c12-10(13)5-17-4-8(3-15-17)16-11(18)7-1-9(2-14)19-6-7;/h1,3-4,6,10H,2,5,14H2,(H,16,18);1H. The van der Waals surface area contributed by atoms with Crippen molar-refractivity contribution in [1.29, 1.82) is 0 Å². The highest BCUT2D eigenvalue weighted by molar-refractivity contribution is 6.03. The van der Waals surface area contributed by atoms with Crippen LogP contribution in [0.4, 0.5) is 14.5 Å². The Hall–Kier alpha value is -1.93. The van der Waals surface area contributed by atoms with Gasteiger partial charge in [0.15, 0.2) is 0 Å². The fourth-order valence-corrected chi connectivity index (χ4v) is 1.48. The average molecular weight is 307 g/mol. The van der Waals surface area contributed by atoms with Crippen LogP contribution in [-0.4, -0.2) is 22.1 Å². The number of carbonyl (C=O) groups is 1. The topological polar surface area (TPSA) is 86.1 Å². The van der Waals surface area contributed by atoms with Crippen molar-refractivity contribution >= 4 is 24.0 Å². The maximum absolute atomic E-state index is 12.1. The van der Waals surface area contributed by atoms with E-state index >= 15 is 0 Å². The van der Waals surface area contributed by atoms with Crippen molar-refractivity contribution in [2.75, 3.05) is 5.32 Å². The van der Waals surface area contributed by atoms with Crippen LogP contribution in [0.2, 0.25) is 0 Å². The Kier molecular flexibility index (Phi) is 5.66. The molecule has 0 radical (unpaired) electrons. The second-order valence-corrected chi connectivity index (χ2v) is 3.80. The highest BCUT2D eigenvalue weighted by Crippen LogP contribution is 2.12. The number of amides is 1. The fraction of sp³-hybridized carbons (Fsp3) is 0.273. The largest absolute Gasteiger partial charge is 0.467 e. The maximum Gasteiger partial charge on any atom is 0.259 e. The first-order valence-electron chi connectivity index (χ1n) is 5.48. The van der Waals surface area contributed by atoms with Gasteiger partial charge in [0.05, 0.1) is 24.0 Å². The summed E-state index contributed by atoms with van der Waals surface area (Å²) in [5, 5.41) is 6.22. The Balaban J connectivity index is 0.00000200. The minimum Gasteiger partial charge on any atom is -0.467 e. The molecule has 20 heavy (non-hydrogen) atoms. The summed E-state index contributed by atoms with van der Waals surface area (Å²) in [7, 11) is 0. The predicted molar refractivity (Wildman–Crippen MR) is 70.0 cm³/mol. The number of nitrogens with two attached hydrogens (primary N) is 1. The molecule has 3 N–H and O–H groups in total. The summed E-state index contributed by atoms with van der Waals surface area (Å²) in [4.78, 5) is 11.8. The molecule has 2 aromatic rings. The molecular formula is C11H13ClF2N4O2. The number of aromatic nitrogens is 2. The van der Waals surface area contributed by atoms with Crippen molar-refractivity contribution < 1.29 is 18.0 Å². The number of alkyl halides is 2. The number of nitrogens with zero attached hydrogens (tertiary/aromatic N) is 2. The van der Waals surface area contributed by atoms with E-state index in [2.05, 4.69) is 10.4 Å². The molecule has 0 aromatic carbocycles. The number of furan rings is 1. The van der Waals surface area contributed by atoms with Crippen LogP contribution in [0.15, 0.2) is 29.1 Å². The smallest absolute Gasteiger partial charge is 0.259 e. The molecule has 6 nitrogen and oxygen atoms in total. The Morgan fingerprint density at radius 1 is 1.55 bits per heavy atom. The van der Waals surface area contributed by atoms with Gasteiger partial charge in [-0.25, -0.2) is 8.78 Å². The van der Waals surface area contributed by atoms with Crippen molar-refractivity contribution in [3.8, 4) is 0 Å². The number of nitrogens with one attached hydrogen (secondary N) is 1. The van der Waals surface area contributed by atoms with Crippen LogP contribution in [-0.2, 0) is 13.1 Å². The van der Waals surface area contributed by atoms with E-state index in [-0.39, 0.29) is 19.0 Å². The summed E-state index contributed by atoms with van der Waals surface area (Å²) >= 11 is 0. The molecule has 0 unspecified atom stereocenters. The molecule has 2 heterocycles. The lowest BCUT2D eigenvalue weighted by molar-refractivity contribution is 0.102. The molecule has 9 heteroatoms. The molecule has 1 amide bonds. The van der Waals surface area contributed by atoms with Crippen LogP contribution in [0.5, 0.6) is 0 Å². The van der Waals surface area contributed by atoms with Crippen LogP contribution in [0.25, 0.3) is 0 Å². The highest BCUT2D eigenvalue weighted by Gasteiger charge is 2.12. The zero-order chi connectivity index (χ0) is 13.8. The van der Waals surface area contributed by atoms with Gasteiger partial charge in [0.1, 0.15) is 18.6 Å². The third-order valence-electron chi connectivity index (χ3n) is 2.33. The summed E-state index contributed by atoms with van der Waals surface area (Å²) in [5.41, 5.74) is 6.00. The minimum absolute atomic E-state index is 0. The number of carbonyl (C=O) groups excluding carboxylic acids is 1. The third-order valence-corrected chi connectivity index (χ3v) is 2.33. The Morgan fingerprint density at radius 2 is 2.30 bits per heavy atom. The third kappa shape index (κ3) is 4.04. The van der Waals surface area contributed by atoms with E-state index in [0.29, 0.717) is 17.0 Å². The average Bonchev–Trinajstić information content (AvgIpc) is 2.97. The number of rotatable bonds is 5. The fourth-order valence-electron chi connectivity index (χ4n) is 1.48. The lowest BCUT2D eigenvalue weighted by atomic mass is 10.3.